The van der Waals surface area contributed by atoms with Crippen LogP contribution in [0.4, 0.5) is 0 Å². The molecule has 1 aliphatic rings. The number of hydrogen-bond acceptors (Lipinski definition) is 5. The van der Waals surface area contributed by atoms with Crippen molar-refractivity contribution in [2.75, 3.05) is 19.7 Å². The normalized spacial score (nSPS) is 19.9. The molecule has 1 atom stereocenters. The van der Waals surface area contributed by atoms with Crippen LogP contribution in [0.15, 0.2) is 28.8 Å². The summed E-state index contributed by atoms with van der Waals surface area (Å²) in [5.74, 6) is 0.974. The van der Waals surface area contributed by atoms with Crippen molar-refractivity contribution in [2.24, 2.45) is 0 Å². The molecule has 2 heterocycles. The summed E-state index contributed by atoms with van der Waals surface area (Å²) < 4.78 is 10.8. The maximum atomic E-state index is 6.09. The zero-order chi connectivity index (χ0) is 12.4. The van der Waals surface area contributed by atoms with E-state index in [-0.39, 0.29) is 6.10 Å². The van der Waals surface area contributed by atoms with E-state index >= 15 is 0 Å². The van der Waals surface area contributed by atoms with E-state index in [0.29, 0.717) is 29.9 Å². The highest BCUT2D eigenvalue weighted by atomic mass is 35.5. The third-order valence-electron chi connectivity index (χ3n) is 2.76. The van der Waals surface area contributed by atoms with Crippen LogP contribution in [0.25, 0.3) is 11.4 Å². The van der Waals surface area contributed by atoms with E-state index in [1.807, 2.05) is 18.2 Å². The van der Waals surface area contributed by atoms with Gasteiger partial charge in [0.05, 0.1) is 11.6 Å². The van der Waals surface area contributed by atoms with Crippen LogP contribution in [0.2, 0.25) is 5.02 Å². The molecule has 0 amide bonds. The average molecular weight is 266 g/mol. The van der Waals surface area contributed by atoms with E-state index in [1.165, 1.54) is 0 Å². The summed E-state index contributed by atoms with van der Waals surface area (Å²) >= 11 is 6.09. The molecular formula is C12H12ClN3O2. The predicted octanol–water partition coefficient (Wildman–Crippen LogP) is 2.05. The predicted molar refractivity (Wildman–Crippen MR) is 66.3 cm³/mol. The highest BCUT2D eigenvalue weighted by molar-refractivity contribution is 6.33. The third-order valence-corrected chi connectivity index (χ3v) is 3.09. The fourth-order valence-corrected chi connectivity index (χ4v) is 2.06. The molecule has 1 aromatic carbocycles. The number of hydrogen-bond donors (Lipinski definition) is 1. The Labute approximate surface area is 109 Å². The van der Waals surface area contributed by atoms with Crippen molar-refractivity contribution >= 4 is 11.6 Å². The maximum absolute atomic E-state index is 6.09. The van der Waals surface area contributed by atoms with Crippen molar-refractivity contribution in [1.82, 2.24) is 15.5 Å². The Morgan fingerprint density at radius 3 is 3.00 bits per heavy atom. The van der Waals surface area contributed by atoms with Crippen LogP contribution in [0.5, 0.6) is 0 Å². The standard InChI is InChI=1S/C12H12ClN3O2/c13-9-4-2-1-3-8(9)11-15-12(18-16-11)10-7-14-5-6-17-10/h1-4,10,14H,5-7H2. The summed E-state index contributed by atoms with van der Waals surface area (Å²) in [6, 6.07) is 7.40. The monoisotopic (exact) mass is 265 g/mol. The molecule has 1 unspecified atom stereocenters. The number of morpholine rings is 1. The largest absolute Gasteiger partial charge is 0.366 e. The minimum absolute atomic E-state index is 0.178. The molecule has 0 saturated carbocycles. The minimum Gasteiger partial charge on any atom is -0.366 e. The van der Waals surface area contributed by atoms with Gasteiger partial charge in [0, 0.05) is 18.7 Å². The molecule has 3 rings (SSSR count). The molecule has 1 N–H and O–H groups in total. The van der Waals surface area contributed by atoms with Gasteiger partial charge in [-0.15, -0.1) is 0 Å². The molecule has 5 nitrogen and oxygen atoms in total. The molecule has 94 valence electrons. The lowest BCUT2D eigenvalue weighted by atomic mass is 10.2. The first-order valence-electron chi connectivity index (χ1n) is 5.75. The molecule has 18 heavy (non-hydrogen) atoms. The Hall–Kier alpha value is -1.43. The van der Waals surface area contributed by atoms with Crippen molar-refractivity contribution in [2.45, 2.75) is 6.10 Å². The van der Waals surface area contributed by atoms with Crippen LogP contribution < -0.4 is 5.32 Å². The summed E-state index contributed by atoms with van der Waals surface area (Å²) in [6.45, 7) is 2.18. The molecule has 6 heteroatoms. The van der Waals surface area contributed by atoms with Gasteiger partial charge in [0.15, 0.2) is 0 Å². The van der Waals surface area contributed by atoms with Crippen LogP contribution in [-0.2, 0) is 4.74 Å². The van der Waals surface area contributed by atoms with Crippen molar-refractivity contribution in [3.05, 3.63) is 35.2 Å². The number of aromatic nitrogens is 2. The van der Waals surface area contributed by atoms with Gasteiger partial charge in [0.25, 0.3) is 5.89 Å². The number of nitrogens with zero attached hydrogens (tertiary/aromatic N) is 2. The molecule has 0 spiro atoms. The molecular weight excluding hydrogens is 254 g/mol. The zero-order valence-corrected chi connectivity index (χ0v) is 10.4. The topological polar surface area (TPSA) is 60.2 Å². The van der Waals surface area contributed by atoms with Crippen LogP contribution in [0.3, 0.4) is 0 Å². The third kappa shape index (κ3) is 2.25. The first-order valence-corrected chi connectivity index (χ1v) is 6.13. The highest BCUT2D eigenvalue weighted by Crippen LogP contribution is 2.26. The molecule has 1 aromatic heterocycles. The Morgan fingerprint density at radius 1 is 1.33 bits per heavy atom. The lowest BCUT2D eigenvalue weighted by Crippen LogP contribution is -2.33. The Balaban J connectivity index is 1.87. The van der Waals surface area contributed by atoms with Gasteiger partial charge in [-0.05, 0) is 12.1 Å². The van der Waals surface area contributed by atoms with Crippen molar-refractivity contribution in [3.63, 3.8) is 0 Å². The van der Waals surface area contributed by atoms with Crippen LogP contribution in [0, 0.1) is 0 Å². The van der Waals surface area contributed by atoms with Crippen LogP contribution >= 0.6 is 11.6 Å². The first-order chi connectivity index (χ1) is 8.84. The fraction of sp³-hybridized carbons (Fsp3) is 0.333. The molecule has 2 aromatic rings. The minimum atomic E-state index is -0.178. The molecule has 0 bridgehead atoms. The lowest BCUT2D eigenvalue weighted by molar-refractivity contribution is 0.00755. The van der Waals surface area contributed by atoms with Gasteiger partial charge in [-0.3, -0.25) is 0 Å². The summed E-state index contributed by atoms with van der Waals surface area (Å²) in [5.41, 5.74) is 0.762. The number of benzene rings is 1. The highest BCUT2D eigenvalue weighted by Gasteiger charge is 2.22. The summed E-state index contributed by atoms with van der Waals surface area (Å²) in [5, 5.41) is 7.76. The number of nitrogens with one attached hydrogen (secondary N) is 1. The second-order valence-electron chi connectivity index (χ2n) is 4.00. The van der Waals surface area contributed by atoms with Crippen molar-refractivity contribution in [1.29, 1.82) is 0 Å². The number of ether oxygens (including phenoxy) is 1. The quantitative estimate of drug-likeness (QED) is 0.901. The van der Waals surface area contributed by atoms with Gasteiger partial charge in [-0.25, -0.2) is 0 Å². The molecule has 1 aliphatic heterocycles. The lowest BCUT2D eigenvalue weighted by Gasteiger charge is -2.19. The van der Waals surface area contributed by atoms with Gasteiger partial charge in [-0.1, -0.05) is 28.9 Å². The number of halogens is 1. The Morgan fingerprint density at radius 2 is 2.22 bits per heavy atom. The van der Waals surface area contributed by atoms with Gasteiger partial charge in [0.1, 0.15) is 6.10 Å². The van der Waals surface area contributed by atoms with Gasteiger partial charge < -0.3 is 14.6 Å². The van der Waals surface area contributed by atoms with Crippen LogP contribution in [-0.4, -0.2) is 29.8 Å². The molecule has 1 fully saturated rings. The van der Waals surface area contributed by atoms with E-state index in [9.17, 15) is 0 Å². The van der Waals surface area contributed by atoms with E-state index in [1.54, 1.807) is 6.07 Å². The zero-order valence-electron chi connectivity index (χ0n) is 9.60. The van der Waals surface area contributed by atoms with Gasteiger partial charge >= 0.3 is 0 Å². The van der Waals surface area contributed by atoms with E-state index in [2.05, 4.69) is 15.5 Å². The van der Waals surface area contributed by atoms with E-state index < -0.39 is 0 Å². The Kier molecular flexibility index (Phi) is 3.27. The first kappa shape index (κ1) is 11.6. The average Bonchev–Trinajstić information content (AvgIpc) is 2.90. The van der Waals surface area contributed by atoms with E-state index in [0.717, 1.165) is 12.1 Å². The molecule has 0 radical (unpaired) electrons. The second kappa shape index (κ2) is 5.06. The fourth-order valence-electron chi connectivity index (χ4n) is 1.84. The molecule has 1 saturated heterocycles. The smallest absolute Gasteiger partial charge is 0.257 e. The van der Waals surface area contributed by atoms with Crippen LogP contribution in [0.1, 0.15) is 12.0 Å². The molecule has 0 aliphatic carbocycles. The van der Waals surface area contributed by atoms with Gasteiger partial charge in [-0.2, -0.15) is 4.98 Å². The SMILES string of the molecule is Clc1ccccc1-c1noc(C2CNCCO2)n1. The summed E-state index contributed by atoms with van der Waals surface area (Å²) in [7, 11) is 0. The van der Waals surface area contributed by atoms with Crippen molar-refractivity contribution in [3.8, 4) is 11.4 Å². The Bertz CT molecular complexity index is 538. The maximum Gasteiger partial charge on any atom is 0.257 e. The summed E-state index contributed by atoms with van der Waals surface area (Å²) in [6.07, 6.45) is -0.178. The second-order valence-corrected chi connectivity index (χ2v) is 4.41. The van der Waals surface area contributed by atoms with Crippen molar-refractivity contribution < 1.29 is 9.26 Å². The van der Waals surface area contributed by atoms with E-state index in [4.69, 9.17) is 20.9 Å². The van der Waals surface area contributed by atoms with Gasteiger partial charge in [0.2, 0.25) is 5.82 Å². The summed E-state index contributed by atoms with van der Waals surface area (Å²) in [4.78, 5) is 4.34. The number of rotatable bonds is 2.